The van der Waals surface area contributed by atoms with Crippen molar-refractivity contribution >= 4 is 11.6 Å². The molecule has 0 bridgehead atoms. The van der Waals surface area contributed by atoms with E-state index in [9.17, 15) is 4.39 Å². The SMILES string of the molecule is CCNC(Cc1c(F)cccc1Cl)CC1CCCCO1. The summed E-state index contributed by atoms with van der Waals surface area (Å²) in [5.41, 5.74) is 0.607. The number of ether oxygens (including phenoxy) is 1. The molecule has 0 aromatic heterocycles. The summed E-state index contributed by atoms with van der Waals surface area (Å²) in [6.45, 7) is 3.78. The summed E-state index contributed by atoms with van der Waals surface area (Å²) < 4.78 is 19.7. The molecule has 1 aromatic carbocycles. The van der Waals surface area contributed by atoms with E-state index in [1.54, 1.807) is 12.1 Å². The molecule has 2 unspecified atom stereocenters. The van der Waals surface area contributed by atoms with Crippen LogP contribution < -0.4 is 5.32 Å². The Kier molecular flexibility index (Phi) is 6.27. The lowest BCUT2D eigenvalue weighted by Gasteiger charge is -2.27. The average molecular weight is 300 g/mol. The molecule has 0 amide bonds. The lowest BCUT2D eigenvalue weighted by atomic mass is 9.96. The maximum atomic E-state index is 13.9. The smallest absolute Gasteiger partial charge is 0.127 e. The first kappa shape index (κ1) is 15.7. The summed E-state index contributed by atoms with van der Waals surface area (Å²) in [6.07, 6.45) is 5.30. The van der Waals surface area contributed by atoms with Crippen LogP contribution in [-0.4, -0.2) is 25.3 Å². The fraction of sp³-hybridized carbons (Fsp3) is 0.625. The van der Waals surface area contributed by atoms with Crippen molar-refractivity contribution in [1.29, 1.82) is 0 Å². The summed E-state index contributed by atoms with van der Waals surface area (Å²) in [4.78, 5) is 0. The monoisotopic (exact) mass is 299 g/mol. The number of hydrogen-bond donors (Lipinski definition) is 1. The van der Waals surface area contributed by atoms with Gasteiger partial charge < -0.3 is 10.1 Å². The van der Waals surface area contributed by atoms with E-state index in [0.29, 0.717) is 23.1 Å². The summed E-state index contributed by atoms with van der Waals surface area (Å²) in [5.74, 6) is -0.218. The number of benzene rings is 1. The zero-order chi connectivity index (χ0) is 14.4. The maximum Gasteiger partial charge on any atom is 0.127 e. The molecule has 0 saturated carbocycles. The van der Waals surface area contributed by atoms with Crippen LogP contribution >= 0.6 is 11.6 Å². The highest BCUT2D eigenvalue weighted by atomic mass is 35.5. The molecule has 20 heavy (non-hydrogen) atoms. The Labute approximate surface area is 125 Å². The van der Waals surface area contributed by atoms with Crippen LogP contribution in [0.4, 0.5) is 4.39 Å². The van der Waals surface area contributed by atoms with E-state index < -0.39 is 0 Å². The topological polar surface area (TPSA) is 21.3 Å². The van der Waals surface area contributed by atoms with Crippen molar-refractivity contribution in [2.24, 2.45) is 0 Å². The first-order chi connectivity index (χ1) is 9.70. The third-order valence-electron chi connectivity index (χ3n) is 3.83. The lowest BCUT2D eigenvalue weighted by molar-refractivity contribution is 0.00530. The largest absolute Gasteiger partial charge is 0.378 e. The fourth-order valence-electron chi connectivity index (χ4n) is 2.81. The molecule has 1 N–H and O–H groups in total. The molecular weight excluding hydrogens is 277 g/mol. The van der Waals surface area contributed by atoms with Gasteiger partial charge in [-0.3, -0.25) is 0 Å². The van der Waals surface area contributed by atoms with E-state index in [0.717, 1.165) is 32.4 Å². The van der Waals surface area contributed by atoms with Gasteiger partial charge in [-0.2, -0.15) is 0 Å². The molecule has 1 aliphatic heterocycles. The van der Waals surface area contributed by atoms with Crippen molar-refractivity contribution in [3.8, 4) is 0 Å². The Morgan fingerprint density at radius 2 is 2.30 bits per heavy atom. The van der Waals surface area contributed by atoms with Gasteiger partial charge in [-0.05, 0) is 50.8 Å². The van der Waals surface area contributed by atoms with Gasteiger partial charge in [0, 0.05) is 23.2 Å². The summed E-state index contributed by atoms with van der Waals surface area (Å²) in [6, 6.07) is 5.08. The molecule has 1 aromatic rings. The maximum absolute atomic E-state index is 13.9. The predicted molar refractivity (Wildman–Crippen MR) is 80.8 cm³/mol. The van der Waals surface area contributed by atoms with Gasteiger partial charge in [0.05, 0.1) is 6.10 Å². The van der Waals surface area contributed by atoms with Crippen LogP contribution in [-0.2, 0) is 11.2 Å². The van der Waals surface area contributed by atoms with Crippen LogP contribution in [0.25, 0.3) is 0 Å². The van der Waals surface area contributed by atoms with Crippen LogP contribution in [0, 0.1) is 5.82 Å². The van der Waals surface area contributed by atoms with E-state index in [1.165, 1.54) is 12.5 Å². The number of halogens is 2. The molecule has 4 heteroatoms. The minimum absolute atomic E-state index is 0.206. The Balaban J connectivity index is 2.00. The van der Waals surface area contributed by atoms with Crippen molar-refractivity contribution in [3.05, 3.63) is 34.6 Å². The van der Waals surface area contributed by atoms with Crippen molar-refractivity contribution in [2.45, 2.75) is 51.2 Å². The zero-order valence-electron chi connectivity index (χ0n) is 12.0. The molecule has 1 fully saturated rings. The molecule has 112 valence electrons. The second-order valence-corrected chi connectivity index (χ2v) is 5.79. The van der Waals surface area contributed by atoms with E-state index in [4.69, 9.17) is 16.3 Å². The minimum Gasteiger partial charge on any atom is -0.378 e. The summed E-state index contributed by atoms with van der Waals surface area (Å²) in [5, 5.41) is 3.94. The summed E-state index contributed by atoms with van der Waals surface area (Å²) >= 11 is 6.12. The van der Waals surface area contributed by atoms with Crippen LogP contribution in [0.15, 0.2) is 18.2 Å². The van der Waals surface area contributed by atoms with Gasteiger partial charge in [0.15, 0.2) is 0 Å². The predicted octanol–water partition coefficient (Wildman–Crippen LogP) is 3.96. The van der Waals surface area contributed by atoms with E-state index in [1.807, 2.05) is 0 Å². The first-order valence-electron chi connectivity index (χ1n) is 7.48. The van der Waals surface area contributed by atoms with Crippen LogP contribution in [0.1, 0.15) is 38.2 Å². The Bertz CT molecular complexity index is 401. The third kappa shape index (κ3) is 4.44. The van der Waals surface area contributed by atoms with E-state index >= 15 is 0 Å². The molecule has 1 saturated heterocycles. The second kappa shape index (κ2) is 7.96. The molecular formula is C16H23ClFNO. The number of likely N-dealkylation sites (N-methyl/N-ethyl adjacent to an activating group) is 1. The van der Waals surface area contributed by atoms with Gasteiger partial charge in [-0.1, -0.05) is 24.6 Å². The first-order valence-corrected chi connectivity index (χ1v) is 7.86. The zero-order valence-corrected chi connectivity index (χ0v) is 12.8. The van der Waals surface area contributed by atoms with Crippen molar-refractivity contribution in [3.63, 3.8) is 0 Å². The fourth-order valence-corrected chi connectivity index (χ4v) is 3.05. The van der Waals surface area contributed by atoms with Gasteiger partial charge >= 0.3 is 0 Å². The molecule has 2 rings (SSSR count). The molecule has 1 aliphatic rings. The molecule has 0 spiro atoms. The Morgan fingerprint density at radius 3 is 2.95 bits per heavy atom. The normalized spacial score (nSPS) is 20.9. The van der Waals surface area contributed by atoms with E-state index in [-0.39, 0.29) is 11.9 Å². The van der Waals surface area contributed by atoms with Crippen molar-refractivity contribution < 1.29 is 9.13 Å². The van der Waals surface area contributed by atoms with Gasteiger partial charge in [0.25, 0.3) is 0 Å². The highest BCUT2D eigenvalue weighted by Gasteiger charge is 2.21. The van der Waals surface area contributed by atoms with Crippen LogP contribution in [0.3, 0.4) is 0 Å². The number of rotatable bonds is 6. The average Bonchev–Trinajstić information content (AvgIpc) is 2.44. The third-order valence-corrected chi connectivity index (χ3v) is 4.18. The Hall–Kier alpha value is -0.640. The summed E-state index contributed by atoms with van der Waals surface area (Å²) in [7, 11) is 0. The second-order valence-electron chi connectivity index (χ2n) is 5.38. The quantitative estimate of drug-likeness (QED) is 0.858. The molecule has 2 atom stereocenters. The van der Waals surface area contributed by atoms with Crippen molar-refractivity contribution in [1.82, 2.24) is 5.32 Å². The number of hydrogen-bond acceptors (Lipinski definition) is 2. The molecule has 2 nitrogen and oxygen atoms in total. The van der Waals surface area contributed by atoms with E-state index in [2.05, 4.69) is 12.2 Å². The van der Waals surface area contributed by atoms with Crippen LogP contribution in [0.2, 0.25) is 5.02 Å². The highest BCUT2D eigenvalue weighted by molar-refractivity contribution is 6.31. The van der Waals surface area contributed by atoms with Gasteiger partial charge in [0.1, 0.15) is 5.82 Å². The number of nitrogens with one attached hydrogen (secondary N) is 1. The van der Waals surface area contributed by atoms with Gasteiger partial charge in [0.2, 0.25) is 0 Å². The Morgan fingerprint density at radius 1 is 1.45 bits per heavy atom. The molecule has 1 heterocycles. The molecule has 0 radical (unpaired) electrons. The minimum atomic E-state index is -0.218. The van der Waals surface area contributed by atoms with Gasteiger partial charge in [-0.25, -0.2) is 4.39 Å². The lowest BCUT2D eigenvalue weighted by Crippen LogP contribution is -2.36. The molecule has 0 aliphatic carbocycles. The van der Waals surface area contributed by atoms with Crippen molar-refractivity contribution in [2.75, 3.05) is 13.2 Å². The van der Waals surface area contributed by atoms with Crippen LogP contribution in [0.5, 0.6) is 0 Å². The van der Waals surface area contributed by atoms with Gasteiger partial charge in [-0.15, -0.1) is 0 Å². The standard InChI is InChI=1S/C16H23ClFNO/c1-2-19-12(10-13-6-3-4-9-20-13)11-14-15(17)7-5-8-16(14)18/h5,7-8,12-13,19H,2-4,6,9-11H2,1H3. The highest BCUT2D eigenvalue weighted by Crippen LogP contribution is 2.23.